The average Bonchev–Trinajstić information content (AvgIpc) is 4.11. The lowest BCUT2D eigenvalue weighted by Crippen LogP contribution is -1.88. The van der Waals surface area contributed by atoms with Crippen molar-refractivity contribution in [2.24, 2.45) is 0 Å². The van der Waals surface area contributed by atoms with Gasteiger partial charge in [-0.3, -0.25) is 0 Å². The Bertz CT molecular complexity index is 3770. The van der Waals surface area contributed by atoms with E-state index >= 15 is 0 Å². The minimum atomic E-state index is 0.551. The van der Waals surface area contributed by atoms with Crippen LogP contribution in [0.1, 0.15) is 22.3 Å². The van der Waals surface area contributed by atoms with Gasteiger partial charge in [0, 0.05) is 43.8 Å². The van der Waals surface area contributed by atoms with E-state index in [0.29, 0.717) is 45.9 Å². The highest BCUT2D eigenvalue weighted by Gasteiger charge is 2.27. The largest absolute Gasteiger partial charge is 0.324 e. The molecular weight excluding hydrogens is 833 g/mol. The Balaban J connectivity index is 1.21. The summed E-state index contributed by atoms with van der Waals surface area (Å²) in [6, 6.07) is 59.9. The number of nitrogens with one attached hydrogen (secondary N) is 2. The summed E-state index contributed by atoms with van der Waals surface area (Å²) in [5, 5.41) is 3.70. The third-order valence-corrected chi connectivity index (χ3v) is 13.4. The van der Waals surface area contributed by atoms with Gasteiger partial charge in [0.2, 0.25) is 0 Å². The monoisotopic (exact) mass is 874 g/mol. The molecule has 68 heavy (non-hydrogen) atoms. The molecule has 8 heteroatoms. The van der Waals surface area contributed by atoms with Crippen LogP contribution in [-0.4, -0.2) is 39.9 Å². The molecule has 0 radical (unpaired) electrons. The molecule has 13 rings (SSSR count). The van der Waals surface area contributed by atoms with Crippen LogP contribution in [0.2, 0.25) is 0 Å². The molecule has 8 aromatic carbocycles. The van der Waals surface area contributed by atoms with Gasteiger partial charge in [0.1, 0.15) is 22.6 Å². The first-order chi connectivity index (χ1) is 33.3. The molecule has 0 unspecified atom stereocenters. The van der Waals surface area contributed by atoms with E-state index in [4.69, 9.17) is 29.9 Å². The number of benzene rings is 8. The van der Waals surface area contributed by atoms with Crippen LogP contribution in [0.5, 0.6) is 0 Å². The van der Waals surface area contributed by atoms with Crippen molar-refractivity contribution in [2.75, 3.05) is 0 Å². The van der Waals surface area contributed by atoms with E-state index < -0.39 is 0 Å². The van der Waals surface area contributed by atoms with Gasteiger partial charge in [0.25, 0.3) is 0 Å². The molecule has 0 saturated carbocycles. The molecule has 2 aliphatic rings. The Morgan fingerprint density at radius 2 is 0.559 bits per heavy atom. The van der Waals surface area contributed by atoms with Gasteiger partial charge in [0.15, 0.2) is 23.3 Å². The molecular formula is C60H42N8. The van der Waals surface area contributed by atoms with Gasteiger partial charge in [0.05, 0.1) is 0 Å². The first kappa shape index (κ1) is 39.5. The molecule has 0 spiro atoms. The summed E-state index contributed by atoms with van der Waals surface area (Å²) in [5.41, 5.74) is 19.3. The normalized spacial score (nSPS) is 11.8. The average molecular weight is 875 g/mol. The van der Waals surface area contributed by atoms with Crippen LogP contribution in [0.25, 0.3) is 134 Å². The van der Waals surface area contributed by atoms with Crippen LogP contribution in [0.15, 0.2) is 170 Å². The SMILES string of the molecule is Cc1ccc(-c2cccc3c2-c2nc-3nc3[nH]c(nc4nc(nc5[nH]c(n2)c2cccc(-c6ccc(C)cc6)c52)-c2cccc(-c5ccc(C)cc5)c2-4)c2cccc(-c4ccc(C)cc4)c32)cc1. The zero-order chi connectivity index (χ0) is 45.6. The van der Waals surface area contributed by atoms with E-state index in [1.807, 2.05) is 0 Å². The fraction of sp³-hybridized carbons (Fsp3) is 0.0667. The number of aromatic amines is 2. The van der Waals surface area contributed by atoms with Crippen molar-refractivity contribution in [3.05, 3.63) is 192 Å². The lowest BCUT2D eigenvalue weighted by Gasteiger charge is -2.09. The number of aromatic nitrogens is 8. The molecule has 0 aliphatic carbocycles. The fourth-order valence-corrected chi connectivity index (χ4v) is 9.88. The van der Waals surface area contributed by atoms with Gasteiger partial charge < -0.3 is 9.97 Å². The number of fused-ring (bicyclic) bond motifs is 20. The van der Waals surface area contributed by atoms with Crippen molar-refractivity contribution < 1.29 is 0 Å². The molecule has 2 aliphatic heterocycles. The summed E-state index contributed by atoms with van der Waals surface area (Å²) in [5.74, 6) is 2.21. The maximum atomic E-state index is 5.50. The highest BCUT2D eigenvalue weighted by Crippen LogP contribution is 2.45. The molecule has 0 atom stereocenters. The zero-order valence-corrected chi connectivity index (χ0v) is 37.8. The number of nitrogens with zero attached hydrogens (tertiary/aromatic N) is 6. The zero-order valence-electron chi connectivity index (χ0n) is 37.8. The highest BCUT2D eigenvalue weighted by molar-refractivity contribution is 6.14. The van der Waals surface area contributed by atoms with Gasteiger partial charge in [-0.15, -0.1) is 0 Å². The Labute approximate surface area is 392 Å². The number of hydrogen-bond acceptors (Lipinski definition) is 6. The summed E-state index contributed by atoms with van der Waals surface area (Å²) >= 11 is 0. The minimum Gasteiger partial charge on any atom is -0.324 e. The van der Waals surface area contributed by atoms with E-state index in [1.165, 1.54) is 22.3 Å². The number of H-pyrrole nitrogens is 2. The molecule has 0 amide bonds. The molecule has 3 aromatic heterocycles. The molecule has 0 fully saturated rings. The van der Waals surface area contributed by atoms with Crippen LogP contribution in [0.3, 0.4) is 0 Å². The van der Waals surface area contributed by atoms with Crippen LogP contribution in [0.4, 0.5) is 0 Å². The smallest absolute Gasteiger partial charge is 0.165 e. The highest BCUT2D eigenvalue weighted by atomic mass is 15.1. The lowest BCUT2D eigenvalue weighted by atomic mass is 9.95. The van der Waals surface area contributed by atoms with Gasteiger partial charge in [-0.1, -0.05) is 192 Å². The van der Waals surface area contributed by atoms with Gasteiger partial charge >= 0.3 is 0 Å². The van der Waals surface area contributed by atoms with E-state index in [1.54, 1.807) is 0 Å². The molecule has 2 N–H and O–H groups in total. The van der Waals surface area contributed by atoms with Crippen LogP contribution in [-0.2, 0) is 0 Å². The van der Waals surface area contributed by atoms with Gasteiger partial charge in [-0.2, -0.15) is 0 Å². The molecule has 8 nitrogen and oxygen atoms in total. The van der Waals surface area contributed by atoms with Crippen molar-refractivity contribution in [3.8, 4) is 90.1 Å². The van der Waals surface area contributed by atoms with Crippen molar-refractivity contribution >= 4 is 44.1 Å². The fourth-order valence-electron chi connectivity index (χ4n) is 9.88. The van der Waals surface area contributed by atoms with E-state index in [9.17, 15) is 0 Å². The number of rotatable bonds is 4. The first-order valence-corrected chi connectivity index (χ1v) is 22.9. The van der Waals surface area contributed by atoms with Gasteiger partial charge in [-0.05, 0) is 72.2 Å². The van der Waals surface area contributed by atoms with E-state index in [-0.39, 0.29) is 0 Å². The van der Waals surface area contributed by atoms with Crippen molar-refractivity contribution in [2.45, 2.75) is 27.7 Å². The Morgan fingerprint density at radius 3 is 0.926 bits per heavy atom. The Kier molecular flexibility index (Phi) is 8.92. The maximum absolute atomic E-state index is 5.50. The second kappa shape index (κ2) is 15.4. The second-order valence-corrected chi connectivity index (χ2v) is 18.0. The van der Waals surface area contributed by atoms with Gasteiger partial charge in [-0.25, -0.2) is 29.9 Å². The summed E-state index contributed by atoms with van der Waals surface area (Å²) in [6.07, 6.45) is 0. The Hall–Kier alpha value is -8.88. The number of hydrogen-bond donors (Lipinski definition) is 2. The lowest BCUT2D eigenvalue weighted by molar-refractivity contribution is 1.19. The molecule has 8 bridgehead atoms. The van der Waals surface area contributed by atoms with Crippen LogP contribution in [0, 0.1) is 27.7 Å². The van der Waals surface area contributed by atoms with Crippen molar-refractivity contribution in [1.82, 2.24) is 39.9 Å². The Morgan fingerprint density at radius 1 is 0.265 bits per heavy atom. The first-order valence-electron chi connectivity index (χ1n) is 22.9. The third-order valence-electron chi connectivity index (χ3n) is 13.4. The molecule has 0 saturated heterocycles. The summed E-state index contributed by atoms with van der Waals surface area (Å²) in [7, 11) is 0. The van der Waals surface area contributed by atoms with E-state index in [2.05, 4.69) is 208 Å². The predicted octanol–water partition coefficient (Wildman–Crippen LogP) is 14.8. The molecule has 322 valence electrons. The molecule has 11 aromatic rings. The number of aryl methyl sites for hydroxylation is 4. The van der Waals surface area contributed by atoms with Crippen LogP contribution < -0.4 is 0 Å². The standard InChI is InChI=1S/C60H42N8/c1-33-17-25-37(26-18-33)41-9-5-13-45-49(41)57-61-53(45)66-58-51-43(39-29-21-35(3)22-30-39)11-7-15-47(51)55(63-58)68-60-52-44(40-31-23-36(4)24-32-40)12-8-16-48(52)56(64-60)67-59-50-42(38-27-19-34(2)20-28-38)10-6-14-46(50)54(62-59)65-57/h5-32H,1-4H3,(H2,61,62,63,64,65,66,67,68). The summed E-state index contributed by atoms with van der Waals surface area (Å²) in [4.78, 5) is 40.2. The summed E-state index contributed by atoms with van der Waals surface area (Å²) < 4.78 is 0. The quantitative estimate of drug-likeness (QED) is 0.182. The van der Waals surface area contributed by atoms with Crippen molar-refractivity contribution in [3.63, 3.8) is 0 Å². The minimum absolute atomic E-state index is 0.551. The van der Waals surface area contributed by atoms with E-state index in [0.717, 1.165) is 88.3 Å². The second-order valence-electron chi connectivity index (χ2n) is 18.0. The van der Waals surface area contributed by atoms with Crippen molar-refractivity contribution in [1.29, 1.82) is 0 Å². The van der Waals surface area contributed by atoms with Crippen LogP contribution >= 0.6 is 0 Å². The molecule has 5 heterocycles. The summed E-state index contributed by atoms with van der Waals surface area (Å²) in [6.45, 7) is 8.43. The maximum Gasteiger partial charge on any atom is 0.165 e. The predicted molar refractivity (Wildman–Crippen MR) is 277 cm³/mol. The topological polar surface area (TPSA) is 109 Å². The third kappa shape index (κ3) is 6.44.